The Kier molecular flexibility index (Phi) is 7.37. The van der Waals surface area contributed by atoms with Crippen LogP contribution >= 0.6 is 15.9 Å². The van der Waals surface area contributed by atoms with Crippen LogP contribution in [0.5, 0.6) is 0 Å². The molecule has 1 saturated carbocycles. The molecule has 1 aliphatic carbocycles. The molecule has 2 aliphatic rings. The lowest BCUT2D eigenvalue weighted by molar-refractivity contribution is -0.135. The van der Waals surface area contributed by atoms with Crippen molar-refractivity contribution in [2.45, 2.75) is 78.1 Å². The highest BCUT2D eigenvalue weighted by Crippen LogP contribution is 2.46. The van der Waals surface area contributed by atoms with Crippen LogP contribution in [0.25, 0.3) is 22.3 Å². The van der Waals surface area contributed by atoms with Crippen LogP contribution in [0, 0.1) is 5.92 Å². The van der Waals surface area contributed by atoms with E-state index in [9.17, 15) is 14.7 Å². The zero-order valence-corrected chi connectivity index (χ0v) is 25.1. The van der Waals surface area contributed by atoms with E-state index in [-0.39, 0.29) is 0 Å². The molecular weight excluding hydrogens is 574 g/mol. The number of hydrogen-bond donors (Lipinski definition) is 3. The molecular formula is C31H36BrN3O5. The number of carbonyl (C=O) groups is 2. The summed E-state index contributed by atoms with van der Waals surface area (Å²) in [6.45, 7) is 10.1. The van der Waals surface area contributed by atoms with E-state index in [0.29, 0.717) is 40.8 Å². The number of hydrogen-bond acceptors (Lipinski definition) is 6. The van der Waals surface area contributed by atoms with Crippen LogP contribution in [-0.2, 0) is 16.1 Å². The fourth-order valence-corrected chi connectivity index (χ4v) is 6.05. The van der Waals surface area contributed by atoms with Gasteiger partial charge in [0.2, 0.25) is 0 Å². The van der Waals surface area contributed by atoms with E-state index in [1.54, 1.807) is 6.07 Å². The minimum absolute atomic E-state index is 0.302. The van der Waals surface area contributed by atoms with Gasteiger partial charge in [-0.1, -0.05) is 32.0 Å². The molecule has 8 nitrogen and oxygen atoms in total. The first kappa shape index (κ1) is 28.1. The lowest BCUT2D eigenvalue weighted by Crippen LogP contribution is -2.52. The summed E-state index contributed by atoms with van der Waals surface area (Å²) in [5.74, 6) is -0.00336. The van der Waals surface area contributed by atoms with Gasteiger partial charge in [-0.3, -0.25) is 5.32 Å². The number of nitrogens with one attached hydrogen (secondary N) is 2. The second kappa shape index (κ2) is 10.5. The molecule has 3 N–H and O–H groups in total. The topological polar surface area (TPSA) is 104 Å². The van der Waals surface area contributed by atoms with Crippen LogP contribution in [0.15, 0.2) is 62.7 Å². The number of anilines is 1. The Bertz CT molecular complexity index is 1490. The summed E-state index contributed by atoms with van der Waals surface area (Å²) in [6.07, 6.45) is 3.06. The maximum atomic E-state index is 12.5. The largest absolute Gasteiger partial charge is 0.477 e. The molecule has 0 bridgehead atoms. The minimum atomic E-state index is -0.889. The summed E-state index contributed by atoms with van der Waals surface area (Å²) in [5, 5.41) is 17.6. The molecule has 212 valence electrons. The summed E-state index contributed by atoms with van der Waals surface area (Å²) in [7, 11) is 0. The molecule has 9 heteroatoms. The molecule has 40 heavy (non-hydrogen) atoms. The normalized spacial score (nSPS) is 16.8. The number of amides is 1. The molecule has 1 fully saturated rings. The average molecular weight is 611 g/mol. The zero-order valence-electron chi connectivity index (χ0n) is 23.6. The Labute approximate surface area is 242 Å². The monoisotopic (exact) mass is 609 g/mol. The lowest BCUT2D eigenvalue weighted by atomic mass is 10.0. The summed E-state index contributed by atoms with van der Waals surface area (Å²) < 4.78 is 12.5. The fraction of sp³-hybridized carbons (Fsp3) is 0.419. The van der Waals surface area contributed by atoms with E-state index < -0.39 is 23.3 Å². The van der Waals surface area contributed by atoms with Crippen molar-refractivity contribution in [2.24, 2.45) is 5.92 Å². The average Bonchev–Trinajstić information content (AvgIpc) is 3.62. The van der Waals surface area contributed by atoms with Crippen LogP contribution in [0.2, 0.25) is 0 Å². The van der Waals surface area contributed by atoms with Crippen molar-refractivity contribution in [1.29, 1.82) is 0 Å². The Morgan fingerprint density at radius 2 is 1.88 bits per heavy atom. The first-order valence-corrected chi connectivity index (χ1v) is 14.6. The number of para-hydroxylation sites is 1. The summed E-state index contributed by atoms with van der Waals surface area (Å²) in [4.78, 5) is 27.0. The highest BCUT2D eigenvalue weighted by molar-refractivity contribution is 9.10. The number of carboxylic acid groups (broad SMARTS) is 1. The molecule has 2 aromatic carbocycles. The van der Waals surface area contributed by atoms with Gasteiger partial charge in [-0.2, -0.15) is 0 Å². The van der Waals surface area contributed by atoms with Gasteiger partial charge in [0.1, 0.15) is 22.5 Å². The molecule has 1 amide bonds. The van der Waals surface area contributed by atoms with Crippen molar-refractivity contribution in [3.05, 3.63) is 63.9 Å². The van der Waals surface area contributed by atoms with E-state index in [4.69, 9.17) is 9.15 Å². The van der Waals surface area contributed by atoms with Crippen molar-refractivity contribution in [3.8, 4) is 11.3 Å². The maximum absolute atomic E-state index is 12.5. The Balaban J connectivity index is 1.49. The van der Waals surface area contributed by atoms with Crippen molar-refractivity contribution in [1.82, 2.24) is 10.2 Å². The second-order valence-electron chi connectivity index (χ2n) is 11.5. The smallest absolute Gasteiger partial charge is 0.412 e. The van der Waals surface area contributed by atoms with E-state index in [1.807, 2.05) is 62.1 Å². The number of rotatable bonds is 8. The summed E-state index contributed by atoms with van der Waals surface area (Å²) in [5.41, 5.74) is 3.14. The molecule has 0 unspecified atom stereocenters. The molecule has 1 aromatic heterocycles. The number of allylic oxidation sites excluding steroid dienone is 1. The predicted octanol–water partition coefficient (Wildman–Crippen LogP) is 7.84. The SMILES string of the molecule is CCC1(CC)NC(C2CC2)=C(C(=O)O)N1Cc1ccc2oc(-c3ccccc3NC(=O)OC(C)(C)C)c(Br)c2c1. The van der Waals surface area contributed by atoms with E-state index >= 15 is 0 Å². The third-order valence-electron chi connectivity index (χ3n) is 7.61. The number of benzene rings is 2. The van der Waals surface area contributed by atoms with Crippen LogP contribution in [-0.4, -0.2) is 33.3 Å². The number of nitrogens with zero attached hydrogens (tertiary/aromatic N) is 1. The van der Waals surface area contributed by atoms with Crippen LogP contribution in [0.1, 0.15) is 65.9 Å². The van der Waals surface area contributed by atoms with Crippen molar-refractivity contribution in [3.63, 3.8) is 0 Å². The molecule has 3 aromatic rings. The Morgan fingerprint density at radius 1 is 1.18 bits per heavy atom. The van der Waals surface area contributed by atoms with E-state index in [0.717, 1.165) is 46.8 Å². The first-order chi connectivity index (χ1) is 19.0. The first-order valence-electron chi connectivity index (χ1n) is 13.8. The molecule has 2 heterocycles. The Hall–Kier alpha value is -3.46. The fourth-order valence-electron chi connectivity index (χ4n) is 5.45. The van der Waals surface area contributed by atoms with Crippen LogP contribution in [0.3, 0.4) is 0 Å². The van der Waals surface area contributed by atoms with Crippen LogP contribution < -0.4 is 10.6 Å². The molecule has 0 radical (unpaired) electrons. The van der Waals surface area contributed by atoms with Gasteiger partial charge >= 0.3 is 12.1 Å². The summed E-state index contributed by atoms with van der Waals surface area (Å²) in [6, 6.07) is 13.3. The standard InChI is InChI=1S/C31H36BrN3O5/c1-6-31(7-2)34-25(19-13-14-19)26(28(36)37)35(31)17-18-12-15-23-21(16-18)24(32)27(39-23)20-10-8-9-11-22(20)33-29(38)40-30(3,4)5/h8-12,15-16,19,34H,6-7,13-14,17H2,1-5H3,(H,33,38)(H,36,37). The predicted molar refractivity (Wildman–Crippen MR) is 159 cm³/mol. The number of carbonyl (C=O) groups excluding carboxylic acids is 1. The number of ether oxygens (including phenoxy) is 1. The van der Waals surface area contributed by atoms with Gasteiger partial charge in [0.25, 0.3) is 0 Å². The number of carboxylic acids is 1. The van der Waals surface area contributed by atoms with Gasteiger partial charge in [0.15, 0.2) is 5.76 Å². The highest BCUT2D eigenvalue weighted by atomic mass is 79.9. The zero-order chi connectivity index (χ0) is 28.8. The number of fused-ring (bicyclic) bond motifs is 1. The van der Waals surface area contributed by atoms with Gasteiger partial charge in [0.05, 0.1) is 10.2 Å². The van der Waals surface area contributed by atoms with Crippen molar-refractivity contribution >= 4 is 44.6 Å². The molecule has 0 spiro atoms. The molecule has 1 aliphatic heterocycles. The second-order valence-corrected chi connectivity index (χ2v) is 12.3. The maximum Gasteiger partial charge on any atom is 0.412 e. The quantitative estimate of drug-likeness (QED) is 0.239. The highest BCUT2D eigenvalue weighted by Gasteiger charge is 2.48. The molecule has 5 rings (SSSR count). The third-order valence-corrected chi connectivity index (χ3v) is 8.39. The minimum Gasteiger partial charge on any atom is -0.477 e. The van der Waals surface area contributed by atoms with Crippen LogP contribution in [0.4, 0.5) is 10.5 Å². The van der Waals surface area contributed by atoms with Gasteiger partial charge in [-0.15, -0.1) is 0 Å². The third kappa shape index (κ3) is 5.31. The number of halogens is 1. The Morgan fingerprint density at radius 3 is 2.50 bits per heavy atom. The number of aliphatic carboxylic acids is 1. The van der Waals surface area contributed by atoms with E-state index in [2.05, 4.69) is 40.4 Å². The van der Waals surface area contributed by atoms with Crippen molar-refractivity contribution in [2.75, 3.05) is 5.32 Å². The molecule has 0 saturated heterocycles. The summed E-state index contributed by atoms with van der Waals surface area (Å²) >= 11 is 3.74. The van der Waals surface area contributed by atoms with Gasteiger partial charge in [-0.25, -0.2) is 9.59 Å². The molecule has 0 atom stereocenters. The van der Waals surface area contributed by atoms with Gasteiger partial charge < -0.3 is 24.5 Å². The van der Waals surface area contributed by atoms with Gasteiger partial charge in [-0.05, 0) is 92.2 Å². The van der Waals surface area contributed by atoms with E-state index in [1.165, 1.54) is 0 Å². The van der Waals surface area contributed by atoms with Gasteiger partial charge in [0, 0.05) is 29.1 Å². The number of furan rings is 1. The lowest BCUT2D eigenvalue weighted by Gasteiger charge is -2.40. The van der Waals surface area contributed by atoms with Crippen molar-refractivity contribution < 1.29 is 23.8 Å².